The molecule has 0 saturated heterocycles. The molecule has 4 nitrogen and oxygen atoms in total. The Balaban J connectivity index is 2.08. The first-order chi connectivity index (χ1) is 10.0. The van der Waals surface area contributed by atoms with Gasteiger partial charge in [-0.3, -0.25) is 4.68 Å². The normalized spacial score (nSPS) is 12.4. The van der Waals surface area contributed by atoms with Gasteiger partial charge in [0.25, 0.3) is 0 Å². The third-order valence-electron chi connectivity index (χ3n) is 3.36. The van der Waals surface area contributed by atoms with Crippen molar-refractivity contribution in [1.82, 2.24) is 9.78 Å². The summed E-state index contributed by atoms with van der Waals surface area (Å²) in [4.78, 5) is 0. The Morgan fingerprint density at radius 2 is 2.00 bits per heavy atom. The van der Waals surface area contributed by atoms with Gasteiger partial charge >= 0.3 is 0 Å². The summed E-state index contributed by atoms with van der Waals surface area (Å²) < 4.78 is 9.62. The van der Waals surface area contributed by atoms with Crippen LogP contribution in [-0.2, 0) is 13.2 Å². The molecular formula is C15H19Br2N3O. The summed E-state index contributed by atoms with van der Waals surface area (Å²) in [7, 11) is 0. The minimum atomic E-state index is 0.404. The Morgan fingerprint density at radius 1 is 1.33 bits per heavy atom. The van der Waals surface area contributed by atoms with Crippen molar-refractivity contribution in [1.29, 1.82) is 0 Å². The van der Waals surface area contributed by atoms with E-state index in [9.17, 15) is 0 Å². The van der Waals surface area contributed by atoms with Crippen LogP contribution in [0.2, 0.25) is 0 Å². The molecule has 0 aliphatic rings. The van der Waals surface area contributed by atoms with Crippen molar-refractivity contribution in [2.24, 2.45) is 5.73 Å². The molecule has 1 aromatic carbocycles. The van der Waals surface area contributed by atoms with Gasteiger partial charge in [-0.05, 0) is 69.0 Å². The summed E-state index contributed by atoms with van der Waals surface area (Å²) >= 11 is 7.03. The Kier molecular flexibility index (Phi) is 5.84. The monoisotopic (exact) mass is 415 g/mol. The van der Waals surface area contributed by atoms with Crippen LogP contribution in [0.4, 0.5) is 0 Å². The predicted molar refractivity (Wildman–Crippen MR) is 91.3 cm³/mol. The van der Waals surface area contributed by atoms with Crippen LogP contribution >= 0.6 is 31.9 Å². The SMILES string of the molecule is CCC(C)n1ccc(COc2c(Br)cc(CN)cc2Br)n1. The molecule has 21 heavy (non-hydrogen) atoms. The zero-order valence-corrected chi connectivity index (χ0v) is 15.3. The largest absolute Gasteiger partial charge is 0.485 e. The van der Waals surface area contributed by atoms with Crippen LogP contribution in [0.3, 0.4) is 0 Å². The highest BCUT2D eigenvalue weighted by Crippen LogP contribution is 2.35. The molecular weight excluding hydrogens is 398 g/mol. The van der Waals surface area contributed by atoms with Gasteiger partial charge in [-0.1, -0.05) is 6.92 Å². The van der Waals surface area contributed by atoms with Crippen LogP contribution in [-0.4, -0.2) is 9.78 Å². The summed E-state index contributed by atoms with van der Waals surface area (Å²) in [6, 6.07) is 6.33. The van der Waals surface area contributed by atoms with Crippen molar-refractivity contribution in [2.45, 2.75) is 39.5 Å². The summed E-state index contributed by atoms with van der Waals surface area (Å²) in [5.41, 5.74) is 7.61. The van der Waals surface area contributed by atoms with Gasteiger partial charge in [0.1, 0.15) is 12.4 Å². The highest BCUT2D eigenvalue weighted by atomic mass is 79.9. The molecule has 1 heterocycles. The second-order valence-electron chi connectivity index (χ2n) is 4.93. The molecule has 0 spiro atoms. The summed E-state index contributed by atoms with van der Waals surface area (Å²) in [6.45, 7) is 5.23. The maximum atomic E-state index is 5.87. The van der Waals surface area contributed by atoms with Crippen molar-refractivity contribution in [3.8, 4) is 5.75 Å². The third-order valence-corrected chi connectivity index (χ3v) is 4.54. The summed E-state index contributed by atoms with van der Waals surface area (Å²) in [6.07, 6.45) is 3.05. The Bertz CT molecular complexity index is 590. The van der Waals surface area contributed by atoms with E-state index in [-0.39, 0.29) is 0 Å². The quantitative estimate of drug-likeness (QED) is 0.758. The molecule has 2 aromatic rings. The second kappa shape index (κ2) is 7.42. The lowest BCUT2D eigenvalue weighted by Gasteiger charge is -2.11. The highest BCUT2D eigenvalue weighted by Gasteiger charge is 2.10. The fourth-order valence-corrected chi connectivity index (χ4v) is 3.41. The molecule has 0 aliphatic heterocycles. The fourth-order valence-electron chi connectivity index (χ4n) is 1.90. The molecule has 1 aromatic heterocycles. The molecule has 1 unspecified atom stereocenters. The van der Waals surface area contributed by atoms with Crippen LogP contribution in [0.25, 0.3) is 0 Å². The molecule has 2 rings (SSSR count). The van der Waals surface area contributed by atoms with E-state index in [0.717, 1.165) is 32.4 Å². The number of rotatable bonds is 6. The maximum absolute atomic E-state index is 5.87. The standard InChI is InChI=1S/C15H19Br2N3O/c1-3-10(2)20-5-4-12(19-20)9-21-15-13(16)6-11(8-18)7-14(15)17/h4-7,10H,3,8-9,18H2,1-2H3. The van der Waals surface area contributed by atoms with Crippen molar-refractivity contribution >= 4 is 31.9 Å². The highest BCUT2D eigenvalue weighted by molar-refractivity contribution is 9.11. The lowest BCUT2D eigenvalue weighted by atomic mass is 10.2. The zero-order chi connectivity index (χ0) is 15.4. The molecule has 1 atom stereocenters. The van der Waals surface area contributed by atoms with Gasteiger partial charge in [0.15, 0.2) is 0 Å². The Hall–Kier alpha value is -0.850. The number of hydrogen-bond donors (Lipinski definition) is 1. The van der Waals surface area contributed by atoms with Crippen LogP contribution < -0.4 is 10.5 Å². The Morgan fingerprint density at radius 3 is 2.57 bits per heavy atom. The molecule has 0 bridgehead atoms. The molecule has 114 valence electrons. The van der Waals surface area contributed by atoms with E-state index in [1.165, 1.54) is 0 Å². The molecule has 0 fully saturated rings. The molecule has 2 N–H and O–H groups in total. The van der Waals surface area contributed by atoms with E-state index < -0.39 is 0 Å². The first kappa shape index (κ1) is 16.5. The number of benzene rings is 1. The molecule has 0 aliphatic carbocycles. The molecule has 0 amide bonds. The average molecular weight is 417 g/mol. The van der Waals surface area contributed by atoms with E-state index in [2.05, 4.69) is 50.8 Å². The summed E-state index contributed by atoms with van der Waals surface area (Å²) in [5.74, 6) is 0.769. The molecule has 6 heteroatoms. The number of nitrogens with zero attached hydrogens (tertiary/aromatic N) is 2. The number of ether oxygens (including phenoxy) is 1. The van der Waals surface area contributed by atoms with Gasteiger partial charge in [-0.15, -0.1) is 0 Å². The van der Waals surface area contributed by atoms with E-state index in [0.29, 0.717) is 19.2 Å². The van der Waals surface area contributed by atoms with Crippen molar-refractivity contribution in [2.75, 3.05) is 0 Å². The lowest BCUT2D eigenvalue weighted by Crippen LogP contribution is -2.06. The van der Waals surface area contributed by atoms with Crippen LogP contribution in [0.15, 0.2) is 33.3 Å². The zero-order valence-electron chi connectivity index (χ0n) is 12.1. The fraction of sp³-hybridized carbons (Fsp3) is 0.400. The van der Waals surface area contributed by atoms with Gasteiger partial charge in [0.2, 0.25) is 0 Å². The Labute approximate surface area is 141 Å². The number of aromatic nitrogens is 2. The third kappa shape index (κ3) is 4.08. The second-order valence-corrected chi connectivity index (χ2v) is 6.63. The van der Waals surface area contributed by atoms with E-state index in [1.54, 1.807) is 0 Å². The van der Waals surface area contributed by atoms with Crippen molar-refractivity contribution in [3.63, 3.8) is 0 Å². The van der Waals surface area contributed by atoms with Crippen molar-refractivity contribution < 1.29 is 4.74 Å². The van der Waals surface area contributed by atoms with Crippen LogP contribution in [0.1, 0.15) is 37.6 Å². The predicted octanol–water partition coefficient (Wildman–Crippen LogP) is 4.42. The first-order valence-corrected chi connectivity index (χ1v) is 8.48. The lowest BCUT2D eigenvalue weighted by molar-refractivity contribution is 0.294. The first-order valence-electron chi connectivity index (χ1n) is 6.90. The van der Waals surface area contributed by atoms with Crippen LogP contribution in [0, 0.1) is 0 Å². The minimum Gasteiger partial charge on any atom is -0.485 e. The average Bonchev–Trinajstić information content (AvgIpc) is 2.94. The summed E-state index contributed by atoms with van der Waals surface area (Å²) in [5, 5.41) is 4.53. The van der Waals surface area contributed by atoms with E-state index in [4.69, 9.17) is 10.5 Å². The topological polar surface area (TPSA) is 53.1 Å². The molecule has 0 saturated carbocycles. The molecule has 0 radical (unpaired) electrons. The number of hydrogen-bond acceptors (Lipinski definition) is 3. The number of halogens is 2. The van der Waals surface area contributed by atoms with Gasteiger partial charge in [-0.2, -0.15) is 5.10 Å². The minimum absolute atomic E-state index is 0.404. The van der Waals surface area contributed by atoms with Crippen molar-refractivity contribution in [3.05, 3.63) is 44.6 Å². The van der Waals surface area contributed by atoms with Gasteiger partial charge in [0, 0.05) is 18.8 Å². The van der Waals surface area contributed by atoms with Gasteiger partial charge in [0.05, 0.1) is 14.6 Å². The van der Waals surface area contributed by atoms with E-state index in [1.807, 2.05) is 29.1 Å². The smallest absolute Gasteiger partial charge is 0.148 e. The van der Waals surface area contributed by atoms with Gasteiger partial charge < -0.3 is 10.5 Å². The number of nitrogens with two attached hydrogens (primary N) is 1. The van der Waals surface area contributed by atoms with Crippen LogP contribution in [0.5, 0.6) is 5.75 Å². The maximum Gasteiger partial charge on any atom is 0.148 e. The van der Waals surface area contributed by atoms with E-state index >= 15 is 0 Å². The van der Waals surface area contributed by atoms with Gasteiger partial charge in [-0.25, -0.2) is 0 Å².